The number of hydrogen-bond acceptors (Lipinski definition) is 4. The molecule has 0 saturated carbocycles. The zero-order valence-corrected chi connectivity index (χ0v) is 9.30. The molecule has 4 heteroatoms. The van der Waals surface area contributed by atoms with Crippen LogP contribution in [0.15, 0.2) is 29.5 Å². The Labute approximate surface area is 94.4 Å². The summed E-state index contributed by atoms with van der Waals surface area (Å²) >= 11 is 0. The van der Waals surface area contributed by atoms with Gasteiger partial charge in [0.05, 0.1) is 0 Å². The molecule has 0 bridgehead atoms. The topological polar surface area (TPSA) is 59.4 Å². The van der Waals surface area contributed by atoms with Crippen molar-refractivity contribution in [3.05, 3.63) is 30.1 Å². The second-order valence-corrected chi connectivity index (χ2v) is 4.00. The molecule has 1 heterocycles. The van der Waals surface area contributed by atoms with E-state index in [1.165, 1.54) is 6.08 Å². The first kappa shape index (κ1) is 12.3. The van der Waals surface area contributed by atoms with Crippen molar-refractivity contribution in [3.8, 4) is 0 Å². The molecule has 1 radical (unpaired) electrons. The van der Waals surface area contributed by atoms with E-state index in [-0.39, 0.29) is 5.92 Å². The lowest BCUT2D eigenvalue weighted by Gasteiger charge is -2.23. The second kappa shape index (κ2) is 5.33. The molecule has 1 rings (SSSR count). The molecule has 0 aliphatic carbocycles. The van der Waals surface area contributed by atoms with Crippen molar-refractivity contribution in [2.24, 2.45) is 10.9 Å². The van der Waals surface area contributed by atoms with E-state index in [2.05, 4.69) is 9.98 Å². The Hall–Kier alpha value is -1.80. The van der Waals surface area contributed by atoms with E-state index >= 15 is 0 Å². The van der Waals surface area contributed by atoms with Crippen LogP contribution in [0.25, 0.3) is 0 Å². The smallest absolute Gasteiger partial charge is 0.236 e. The van der Waals surface area contributed by atoms with Crippen molar-refractivity contribution in [2.75, 3.05) is 0 Å². The van der Waals surface area contributed by atoms with E-state index in [9.17, 15) is 9.59 Å². The summed E-state index contributed by atoms with van der Waals surface area (Å²) < 4.78 is 0. The number of rotatable bonds is 5. The number of carbonyl (C=O) groups excluding carboxylic acids is 2. The highest BCUT2D eigenvalue weighted by atomic mass is 16.1. The molecule has 0 aliphatic rings. The number of aliphatic imine (C=N–C) groups is 1. The van der Waals surface area contributed by atoms with Gasteiger partial charge in [0.15, 0.2) is 5.54 Å². The van der Waals surface area contributed by atoms with E-state index in [0.29, 0.717) is 12.0 Å². The van der Waals surface area contributed by atoms with Crippen molar-refractivity contribution in [1.82, 2.24) is 4.98 Å². The molecule has 0 N–H and O–H groups in total. The monoisotopic (exact) mass is 217 g/mol. The fourth-order valence-corrected chi connectivity index (χ4v) is 1.65. The Kier molecular flexibility index (Phi) is 4.09. The van der Waals surface area contributed by atoms with Crippen LogP contribution in [0.1, 0.15) is 25.8 Å². The highest BCUT2D eigenvalue weighted by Crippen LogP contribution is 2.30. The van der Waals surface area contributed by atoms with Gasteiger partial charge in [0, 0.05) is 12.4 Å². The molecule has 1 aromatic rings. The molecule has 0 spiro atoms. The van der Waals surface area contributed by atoms with Crippen LogP contribution in [0.5, 0.6) is 0 Å². The lowest BCUT2D eigenvalue weighted by atomic mass is 9.85. The molecule has 16 heavy (non-hydrogen) atoms. The van der Waals surface area contributed by atoms with Crippen LogP contribution in [0.2, 0.25) is 0 Å². The van der Waals surface area contributed by atoms with Crippen LogP contribution in [0.3, 0.4) is 0 Å². The van der Waals surface area contributed by atoms with Crippen LogP contribution in [-0.2, 0) is 15.1 Å². The van der Waals surface area contributed by atoms with Crippen LogP contribution in [-0.4, -0.2) is 17.4 Å². The van der Waals surface area contributed by atoms with Crippen molar-refractivity contribution in [1.29, 1.82) is 0 Å². The predicted octanol–water partition coefficient (Wildman–Crippen LogP) is 1.77. The van der Waals surface area contributed by atoms with Crippen molar-refractivity contribution in [3.63, 3.8) is 0 Å². The second-order valence-electron chi connectivity index (χ2n) is 4.00. The maximum atomic E-state index is 11.1. The Morgan fingerprint density at radius 3 is 2.44 bits per heavy atom. The van der Waals surface area contributed by atoms with E-state index in [4.69, 9.17) is 0 Å². The summed E-state index contributed by atoms with van der Waals surface area (Å²) in [5.41, 5.74) is -0.617. The number of aromatic nitrogens is 1. The van der Waals surface area contributed by atoms with Gasteiger partial charge in [-0.2, -0.15) is 4.99 Å². The molecule has 0 unspecified atom stereocenters. The number of hydrogen-bond donors (Lipinski definition) is 0. The predicted molar refractivity (Wildman–Crippen MR) is 59.2 cm³/mol. The minimum atomic E-state index is -1.24. The molecule has 1 aromatic heterocycles. The minimum Gasteiger partial charge on any atom is -0.288 e. The van der Waals surface area contributed by atoms with Crippen molar-refractivity contribution in [2.45, 2.75) is 25.8 Å². The van der Waals surface area contributed by atoms with Crippen LogP contribution < -0.4 is 0 Å². The minimum absolute atomic E-state index is 0.215. The summed E-state index contributed by atoms with van der Waals surface area (Å²) in [5.74, 6) is 0.215. The van der Waals surface area contributed by atoms with Crippen molar-refractivity contribution < 1.29 is 9.59 Å². The normalized spacial score (nSPS) is 13.9. The zero-order valence-electron chi connectivity index (χ0n) is 9.30. The lowest BCUT2D eigenvalue weighted by Crippen LogP contribution is -2.27. The molecular formula is C12H13N2O2. The molecule has 0 amide bonds. The number of isocyanates is 1. The van der Waals surface area contributed by atoms with Crippen molar-refractivity contribution >= 4 is 12.4 Å². The van der Waals surface area contributed by atoms with Gasteiger partial charge in [-0.25, -0.2) is 4.79 Å². The summed E-state index contributed by atoms with van der Waals surface area (Å²) in [6.45, 7) is 3.90. The van der Waals surface area contributed by atoms with E-state index in [1.54, 1.807) is 24.5 Å². The number of nitrogens with zero attached hydrogens (tertiary/aromatic N) is 2. The van der Waals surface area contributed by atoms with Gasteiger partial charge in [0.1, 0.15) is 0 Å². The maximum Gasteiger partial charge on any atom is 0.236 e. The van der Waals surface area contributed by atoms with Gasteiger partial charge < -0.3 is 0 Å². The largest absolute Gasteiger partial charge is 0.288 e. The third-order valence-electron chi connectivity index (χ3n) is 2.27. The van der Waals surface area contributed by atoms with Crippen LogP contribution >= 0.6 is 0 Å². The molecule has 0 aromatic carbocycles. The average Bonchev–Trinajstić information content (AvgIpc) is 2.29. The van der Waals surface area contributed by atoms with Gasteiger partial charge in [-0.3, -0.25) is 9.78 Å². The summed E-state index contributed by atoms with van der Waals surface area (Å²) in [4.78, 5) is 29.1. The Bertz CT molecular complexity index is 397. The van der Waals surface area contributed by atoms with Gasteiger partial charge in [0.2, 0.25) is 12.4 Å². The third-order valence-corrected chi connectivity index (χ3v) is 2.27. The lowest BCUT2D eigenvalue weighted by molar-refractivity contribution is 0.414. The Morgan fingerprint density at radius 1 is 1.38 bits per heavy atom. The number of pyridine rings is 1. The molecule has 0 saturated heterocycles. The van der Waals surface area contributed by atoms with E-state index < -0.39 is 5.54 Å². The molecule has 4 nitrogen and oxygen atoms in total. The summed E-state index contributed by atoms with van der Waals surface area (Å²) in [6, 6.07) is 3.32. The maximum absolute atomic E-state index is 11.1. The van der Waals surface area contributed by atoms with E-state index in [1.807, 2.05) is 20.1 Å². The summed E-state index contributed by atoms with van der Waals surface area (Å²) in [7, 11) is 0. The quantitative estimate of drug-likeness (QED) is 0.557. The van der Waals surface area contributed by atoms with Crippen LogP contribution in [0, 0.1) is 5.92 Å². The summed E-state index contributed by atoms with van der Waals surface area (Å²) in [6.07, 6.45) is 6.85. The first-order valence-corrected chi connectivity index (χ1v) is 5.03. The zero-order chi connectivity index (χ0) is 12.0. The van der Waals surface area contributed by atoms with Gasteiger partial charge >= 0.3 is 0 Å². The average molecular weight is 217 g/mol. The molecule has 0 fully saturated rings. The SMILES string of the molecule is CC(C)C[C@@]([C]=O)(N=C=O)c1ccncc1. The summed E-state index contributed by atoms with van der Waals surface area (Å²) in [5, 5.41) is 0. The van der Waals surface area contributed by atoms with Gasteiger partial charge in [0.25, 0.3) is 0 Å². The Morgan fingerprint density at radius 2 is 2.00 bits per heavy atom. The van der Waals surface area contributed by atoms with Gasteiger partial charge in [-0.05, 0) is 30.0 Å². The highest BCUT2D eigenvalue weighted by Gasteiger charge is 2.33. The Balaban J connectivity index is 3.22. The molecule has 0 aliphatic heterocycles. The molecule has 83 valence electrons. The van der Waals surface area contributed by atoms with Gasteiger partial charge in [-0.1, -0.05) is 13.8 Å². The van der Waals surface area contributed by atoms with Gasteiger partial charge in [-0.15, -0.1) is 0 Å². The van der Waals surface area contributed by atoms with Crippen LogP contribution in [0.4, 0.5) is 0 Å². The first-order valence-electron chi connectivity index (χ1n) is 5.03. The third kappa shape index (κ3) is 2.61. The fourth-order valence-electron chi connectivity index (χ4n) is 1.65. The molecular weight excluding hydrogens is 204 g/mol. The first-order chi connectivity index (χ1) is 7.64. The standard InChI is InChI=1S/C12H13N2O2/c1-10(2)7-12(8-15,14-9-16)11-3-5-13-6-4-11/h3-6,10H,7H2,1-2H3/t12-/m0/s1. The highest BCUT2D eigenvalue weighted by molar-refractivity contribution is 5.70. The molecule has 1 atom stereocenters. The fraction of sp³-hybridized carbons (Fsp3) is 0.417. The van der Waals surface area contributed by atoms with E-state index in [0.717, 1.165) is 0 Å².